The number of aliphatic carboxylic acids is 1. The van der Waals surface area contributed by atoms with Gasteiger partial charge in [-0.2, -0.15) is 0 Å². The van der Waals surface area contributed by atoms with E-state index in [9.17, 15) is 14.4 Å². The normalized spacial score (nSPS) is 31.3. The maximum atomic E-state index is 11.9. The summed E-state index contributed by atoms with van der Waals surface area (Å²) in [5.41, 5.74) is 0. The summed E-state index contributed by atoms with van der Waals surface area (Å²) in [7, 11) is 0. The molecule has 7 nitrogen and oxygen atoms in total. The molecule has 3 atom stereocenters. The number of nitrogens with one attached hydrogen (secondary N) is 2. The van der Waals surface area contributed by atoms with Crippen molar-refractivity contribution in [2.45, 2.75) is 19.4 Å². The maximum Gasteiger partial charge on any atom is 0.317 e. The molecule has 0 radical (unpaired) electrons. The Bertz CT molecular complexity index is 384. The first-order valence-electron chi connectivity index (χ1n) is 6.02. The molecule has 2 heterocycles. The Labute approximate surface area is 105 Å². The smallest absolute Gasteiger partial charge is 0.317 e. The van der Waals surface area contributed by atoms with Gasteiger partial charge in [0.1, 0.15) is 0 Å². The lowest BCUT2D eigenvalue weighted by Gasteiger charge is -2.19. The van der Waals surface area contributed by atoms with Crippen molar-refractivity contribution in [3.8, 4) is 0 Å². The Balaban J connectivity index is 1.87. The molecule has 3 amide bonds. The quantitative estimate of drug-likeness (QED) is 0.604. The Morgan fingerprint density at radius 3 is 2.67 bits per heavy atom. The Morgan fingerprint density at radius 1 is 1.44 bits per heavy atom. The van der Waals surface area contributed by atoms with E-state index in [4.69, 9.17) is 5.11 Å². The lowest BCUT2D eigenvalue weighted by atomic mass is 9.99. The second-order valence-electron chi connectivity index (χ2n) is 4.98. The fourth-order valence-corrected chi connectivity index (χ4v) is 2.43. The number of carboxylic acids is 1. The van der Waals surface area contributed by atoms with Crippen LogP contribution in [-0.2, 0) is 9.59 Å². The zero-order valence-electron chi connectivity index (χ0n) is 10.2. The highest BCUT2D eigenvalue weighted by atomic mass is 16.4. The summed E-state index contributed by atoms with van der Waals surface area (Å²) in [6.07, 6.45) is 0.289. The molecule has 2 fully saturated rings. The number of carbonyl (C=O) groups is 3. The largest absolute Gasteiger partial charge is 0.481 e. The summed E-state index contributed by atoms with van der Waals surface area (Å²) in [6, 6.07) is -0.476. The SMILES string of the molecule is C[C@@H]1CN(C(=O)NC2CNC(=O)C2)C[C@H]1C(=O)O. The molecule has 1 unspecified atom stereocenters. The minimum atomic E-state index is -0.865. The van der Waals surface area contributed by atoms with E-state index < -0.39 is 11.9 Å². The lowest BCUT2D eigenvalue weighted by molar-refractivity contribution is -0.142. The fraction of sp³-hybridized carbons (Fsp3) is 0.727. The summed E-state index contributed by atoms with van der Waals surface area (Å²) in [5.74, 6) is -1.48. The van der Waals surface area contributed by atoms with E-state index in [2.05, 4.69) is 10.6 Å². The topological polar surface area (TPSA) is 98.7 Å². The molecule has 2 saturated heterocycles. The number of hydrogen-bond acceptors (Lipinski definition) is 3. The van der Waals surface area contributed by atoms with Gasteiger partial charge in [0.15, 0.2) is 0 Å². The van der Waals surface area contributed by atoms with Crippen molar-refractivity contribution >= 4 is 17.9 Å². The predicted octanol–water partition coefficient (Wildman–Crippen LogP) is -0.763. The maximum absolute atomic E-state index is 11.9. The highest BCUT2D eigenvalue weighted by Gasteiger charge is 2.37. The molecule has 18 heavy (non-hydrogen) atoms. The third kappa shape index (κ3) is 2.55. The lowest BCUT2D eigenvalue weighted by Crippen LogP contribution is -2.45. The van der Waals surface area contributed by atoms with Crippen LogP contribution in [0, 0.1) is 11.8 Å². The van der Waals surface area contributed by atoms with Crippen LogP contribution in [0.3, 0.4) is 0 Å². The minimum absolute atomic E-state index is 0.0448. The number of rotatable bonds is 2. The van der Waals surface area contributed by atoms with Crippen molar-refractivity contribution in [3.63, 3.8) is 0 Å². The third-order valence-electron chi connectivity index (χ3n) is 3.52. The third-order valence-corrected chi connectivity index (χ3v) is 3.52. The van der Waals surface area contributed by atoms with Crippen molar-refractivity contribution < 1.29 is 19.5 Å². The number of carbonyl (C=O) groups excluding carboxylic acids is 2. The second-order valence-corrected chi connectivity index (χ2v) is 4.98. The molecule has 0 aromatic heterocycles. The molecule has 2 aliphatic rings. The van der Waals surface area contributed by atoms with E-state index in [1.165, 1.54) is 4.90 Å². The second kappa shape index (κ2) is 4.83. The van der Waals surface area contributed by atoms with Crippen LogP contribution in [0.25, 0.3) is 0 Å². The van der Waals surface area contributed by atoms with Crippen LogP contribution in [-0.4, -0.2) is 53.6 Å². The predicted molar refractivity (Wildman–Crippen MR) is 61.8 cm³/mol. The number of carboxylic acid groups (broad SMARTS) is 1. The molecular formula is C11H17N3O4. The molecule has 0 aliphatic carbocycles. The highest BCUT2D eigenvalue weighted by Crippen LogP contribution is 2.23. The van der Waals surface area contributed by atoms with E-state index in [-0.39, 0.29) is 36.9 Å². The first kappa shape index (κ1) is 12.7. The average Bonchev–Trinajstić information content (AvgIpc) is 2.85. The highest BCUT2D eigenvalue weighted by molar-refractivity contribution is 5.82. The van der Waals surface area contributed by atoms with Crippen LogP contribution in [0.2, 0.25) is 0 Å². The van der Waals surface area contributed by atoms with Gasteiger partial charge in [0.2, 0.25) is 5.91 Å². The van der Waals surface area contributed by atoms with Gasteiger partial charge in [-0.15, -0.1) is 0 Å². The van der Waals surface area contributed by atoms with Crippen LogP contribution in [0.4, 0.5) is 4.79 Å². The molecule has 2 rings (SSSR count). The number of nitrogens with zero attached hydrogens (tertiary/aromatic N) is 1. The first-order valence-corrected chi connectivity index (χ1v) is 6.02. The van der Waals surface area contributed by atoms with E-state index in [0.29, 0.717) is 13.1 Å². The van der Waals surface area contributed by atoms with E-state index in [1.54, 1.807) is 0 Å². The zero-order valence-corrected chi connectivity index (χ0v) is 10.2. The summed E-state index contributed by atoms with van der Waals surface area (Å²) >= 11 is 0. The van der Waals surface area contributed by atoms with E-state index in [0.717, 1.165) is 0 Å². The number of likely N-dealkylation sites (tertiary alicyclic amines) is 1. The molecule has 2 aliphatic heterocycles. The minimum Gasteiger partial charge on any atom is -0.481 e. The summed E-state index contributed by atoms with van der Waals surface area (Å²) in [4.78, 5) is 35.4. The fourth-order valence-electron chi connectivity index (χ4n) is 2.43. The summed E-state index contributed by atoms with van der Waals surface area (Å²) in [6.45, 7) is 2.94. The van der Waals surface area contributed by atoms with Gasteiger partial charge in [-0.1, -0.05) is 6.92 Å². The van der Waals surface area contributed by atoms with Gasteiger partial charge in [-0.3, -0.25) is 9.59 Å². The van der Waals surface area contributed by atoms with Gasteiger partial charge >= 0.3 is 12.0 Å². The summed E-state index contributed by atoms with van der Waals surface area (Å²) < 4.78 is 0. The molecule has 0 aromatic carbocycles. The van der Waals surface area contributed by atoms with Crippen LogP contribution in [0.1, 0.15) is 13.3 Å². The number of hydrogen-bond donors (Lipinski definition) is 3. The van der Waals surface area contributed by atoms with Crippen molar-refractivity contribution in [1.29, 1.82) is 0 Å². The van der Waals surface area contributed by atoms with Crippen LogP contribution in [0.5, 0.6) is 0 Å². The van der Waals surface area contributed by atoms with Crippen molar-refractivity contribution in [2.24, 2.45) is 11.8 Å². The Kier molecular flexibility index (Phi) is 3.40. The van der Waals surface area contributed by atoms with Gasteiger partial charge in [0.25, 0.3) is 0 Å². The van der Waals surface area contributed by atoms with E-state index in [1.807, 2.05) is 6.92 Å². The molecular weight excluding hydrogens is 238 g/mol. The number of amides is 3. The van der Waals surface area contributed by atoms with Crippen LogP contribution < -0.4 is 10.6 Å². The van der Waals surface area contributed by atoms with Crippen molar-refractivity contribution in [1.82, 2.24) is 15.5 Å². The van der Waals surface area contributed by atoms with Crippen LogP contribution in [0.15, 0.2) is 0 Å². The average molecular weight is 255 g/mol. The molecule has 0 aromatic rings. The van der Waals surface area contributed by atoms with Crippen molar-refractivity contribution in [3.05, 3.63) is 0 Å². The molecule has 100 valence electrons. The first-order chi connectivity index (χ1) is 8.47. The molecule has 0 bridgehead atoms. The Hall–Kier alpha value is -1.79. The standard InChI is InChI=1S/C11H17N3O4/c1-6-4-14(5-8(6)10(16)17)11(18)13-7-2-9(15)12-3-7/h6-8H,2-5H2,1H3,(H,12,15)(H,13,18)(H,16,17)/t6-,7?,8-/m1/s1. The van der Waals surface area contributed by atoms with Gasteiger partial charge in [0.05, 0.1) is 12.0 Å². The van der Waals surface area contributed by atoms with Gasteiger partial charge in [-0.05, 0) is 5.92 Å². The van der Waals surface area contributed by atoms with Gasteiger partial charge in [0, 0.05) is 26.1 Å². The Morgan fingerprint density at radius 2 is 2.17 bits per heavy atom. The molecule has 0 spiro atoms. The van der Waals surface area contributed by atoms with Crippen molar-refractivity contribution in [2.75, 3.05) is 19.6 Å². The van der Waals surface area contributed by atoms with Crippen LogP contribution >= 0.6 is 0 Å². The monoisotopic (exact) mass is 255 g/mol. The number of urea groups is 1. The molecule has 3 N–H and O–H groups in total. The summed E-state index contributed by atoms with van der Waals surface area (Å²) in [5, 5.41) is 14.4. The van der Waals surface area contributed by atoms with Gasteiger partial charge < -0.3 is 20.6 Å². The zero-order chi connectivity index (χ0) is 13.3. The molecule has 0 saturated carbocycles. The van der Waals surface area contributed by atoms with E-state index >= 15 is 0 Å². The van der Waals surface area contributed by atoms with Gasteiger partial charge in [-0.25, -0.2) is 4.79 Å². The molecule has 7 heteroatoms.